The van der Waals surface area contributed by atoms with Crippen molar-refractivity contribution in [3.8, 4) is 11.5 Å². The molecule has 0 fully saturated rings. The number of nitrogens with zero attached hydrogens (tertiary/aromatic N) is 5. The van der Waals surface area contributed by atoms with Gasteiger partial charge in [0.1, 0.15) is 23.1 Å². The second-order valence-corrected chi connectivity index (χ2v) is 9.09. The van der Waals surface area contributed by atoms with Gasteiger partial charge in [0.05, 0.1) is 22.6 Å². The van der Waals surface area contributed by atoms with Crippen LogP contribution in [0.25, 0.3) is 22.6 Å². The monoisotopic (exact) mass is 529 g/mol. The maximum Gasteiger partial charge on any atom is 0.453 e. The van der Waals surface area contributed by atoms with Crippen LogP contribution in [0.15, 0.2) is 12.3 Å². The third kappa shape index (κ3) is 3.30. The van der Waals surface area contributed by atoms with E-state index < -0.39 is 53.7 Å². The molecule has 10 nitrogen and oxygen atoms in total. The van der Waals surface area contributed by atoms with Crippen LogP contribution < -0.4 is 10.6 Å². The van der Waals surface area contributed by atoms with Crippen LogP contribution >= 0.6 is 0 Å². The Morgan fingerprint density at radius 2 is 1.68 bits per heavy atom. The number of methoxy groups -OCH3 is 1. The summed E-state index contributed by atoms with van der Waals surface area (Å²) in [6, 6.07) is 0.935. The first-order valence-corrected chi connectivity index (χ1v) is 10.7. The minimum Gasteiger partial charge on any atom is -0.362 e. The topological polar surface area (TPSA) is 124 Å². The highest BCUT2D eigenvalue weighted by Gasteiger charge is 2.65. The van der Waals surface area contributed by atoms with Crippen LogP contribution in [0.2, 0.25) is 0 Å². The Morgan fingerprint density at radius 3 is 2.27 bits per heavy atom. The Balaban J connectivity index is 1.66. The van der Waals surface area contributed by atoms with Gasteiger partial charge in [0.2, 0.25) is 5.91 Å². The van der Waals surface area contributed by atoms with Gasteiger partial charge in [-0.1, -0.05) is 0 Å². The molecule has 1 unspecified atom stereocenters. The summed E-state index contributed by atoms with van der Waals surface area (Å²) in [4.78, 5) is 38.2. The summed E-state index contributed by atoms with van der Waals surface area (Å²) in [7, 11) is 1.24. The van der Waals surface area contributed by atoms with Crippen LogP contribution in [-0.2, 0) is 26.5 Å². The second kappa shape index (κ2) is 7.60. The molecule has 2 aliphatic heterocycles. The van der Waals surface area contributed by atoms with E-state index in [1.165, 1.54) is 21.0 Å². The molecule has 0 aliphatic carbocycles. The van der Waals surface area contributed by atoms with Crippen LogP contribution in [0.1, 0.15) is 25.8 Å². The summed E-state index contributed by atoms with van der Waals surface area (Å²) < 4.78 is 85.4. The molecule has 37 heavy (non-hydrogen) atoms. The Kier molecular flexibility index (Phi) is 5.10. The minimum atomic E-state index is -5.78. The first-order chi connectivity index (χ1) is 17.1. The highest BCUT2D eigenvalue weighted by atomic mass is 19.4. The van der Waals surface area contributed by atoms with Crippen LogP contribution in [0.5, 0.6) is 0 Å². The number of aromatic nitrogens is 5. The number of rotatable bonds is 5. The van der Waals surface area contributed by atoms with E-state index in [1.807, 2.05) is 0 Å². The van der Waals surface area contributed by atoms with Crippen molar-refractivity contribution in [2.24, 2.45) is 5.41 Å². The lowest BCUT2D eigenvalue weighted by molar-refractivity contribution is -0.285. The van der Waals surface area contributed by atoms with Gasteiger partial charge in [-0.3, -0.25) is 9.59 Å². The first kappa shape index (κ1) is 24.9. The fourth-order valence-corrected chi connectivity index (χ4v) is 4.60. The van der Waals surface area contributed by atoms with Crippen LogP contribution in [0, 0.1) is 11.2 Å². The van der Waals surface area contributed by atoms with E-state index >= 15 is 0 Å². The van der Waals surface area contributed by atoms with Crippen LogP contribution in [0.3, 0.4) is 0 Å². The Hall–Kier alpha value is -3.82. The van der Waals surface area contributed by atoms with Gasteiger partial charge in [-0.25, -0.2) is 24.0 Å². The third-order valence-electron chi connectivity index (χ3n) is 6.62. The quantitative estimate of drug-likeness (QED) is 0.486. The molecule has 0 bridgehead atoms. The molecule has 2 aliphatic rings. The number of carbonyl (C=O) groups excluding carboxylic acids is 2. The zero-order valence-electron chi connectivity index (χ0n) is 19.3. The number of pyridine rings is 1. The van der Waals surface area contributed by atoms with E-state index in [0.29, 0.717) is 0 Å². The van der Waals surface area contributed by atoms with Crippen molar-refractivity contribution in [2.75, 3.05) is 17.7 Å². The van der Waals surface area contributed by atoms with Crippen molar-refractivity contribution >= 4 is 34.5 Å². The number of fused-ring (bicyclic) bond motifs is 1. The lowest BCUT2D eigenvalue weighted by Gasteiger charge is -2.43. The number of amides is 2. The highest BCUT2D eigenvalue weighted by Crippen LogP contribution is 2.55. The zero-order valence-corrected chi connectivity index (χ0v) is 19.3. The number of ether oxygens (including phenoxy) is 1. The molecule has 1 atom stereocenters. The Morgan fingerprint density at radius 1 is 1.05 bits per heavy atom. The second-order valence-electron chi connectivity index (χ2n) is 9.09. The van der Waals surface area contributed by atoms with Crippen molar-refractivity contribution in [1.82, 2.24) is 24.7 Å². The lowest BCUT2D eigenvalue weighted by atomic mass is 9.68. The molecule has 3 aromatic rings. The number of aryl methyl sites for hydroxylation is 1. The minimum absolute atomic E-state index is 0.0457. The van der Waals surface area contributed by atoms with Crippen molar-refractivity contribution < 1.29 is 40.7 Å². The standard InChI is InChI=1S/C21H17F6N7O3/c1-18(2)16(35)31-12-10-13(32-17(36)20(10,18)37-3)30-14(29-12)11-9-6-8(22)7-28-15(9)34(33-11)5-4-19(23,24)21(25,26)27/h6-7H,4-5H2,1-3H3,(H2,29,30,31,32,35,36). The summed E-state index contributed by atoms with van der Waals surface area (Å²) in [5.74, 6) is -7.58. The van der Waals surface area contributed by atoms with Gasteiger partial charge in [0.15, 0.2) is 17.1 Å². The van der Waals surface area contributed by atoms with E-state index in [1.54, 1.807) is 0 Å². The molecule has 0 spiro atoms. The molecule has 2 N–H and O–H groups in total. The number of nitrogens with one attached hydrogen (secondary N) is 2. The molecule has 196 valence electrons. The van der Waals surface area contributed by atoms with E-state index in [9.17, 15) is 35.9 Å². The molecule has 0 saturated carbocycles. The normalized spacial score (nSPS) is 20.7. The van der Waals surface area contributed by atoms with Crippen molar-refractivity contribution in [1.29, 1.82) is 0 Å². The van der Waals surface area contributed by atoms with E-state index in [0.717, 1.165) is 16.9 Å². The molecule has 2 amide bonds. The van der Waals surface area contributed by atoms with Gasteiger partial charge < -0.3 is 15.4 Å². The van der Waals surface area contributed by atoms with Crippen molar-refractivity contribution in [2.45, 2.75) is 44.5 Å². The number of anilines is 2. The molecule has 3 aromatic heterocycles. The number of hydrogen-bond acceptors (Lipinski definition) is 7. The van der Waals surface area contributed by atoms with Gasteiger partial charge in [0.25, 0.3) is 5.91 Å². The van der Waals surface area contributed by atoms with E-state index in [-0.39, 0.29) is 39.8 Å². The maximum atomic E-state index is 14.0. The summed E-state index contributed by atoms with van der Waals surface area (Å²) in [6.45, 7) is 2.07. The fraction of sp³-hybridized carbons (Fsp3) is 0.429. The predicted octanol–water partition coefficient (Wildman–Crippen LogP) is 3.39. The zero-order chi connectivity index (χ0) is 27.1. The molecule has 5 rings (SSSR count). The van der Waals surface area contributed by atoms with Gasteiger partial charge in [0, 0.05) is 20.1 Å². The third-order valence-corrected chi connectivity index (χ3v) is 6.62. The predicted molar refractivity (Wildman–Crippen MR) is 114 cm³/mol. The first-order valence-electron chi connectivity index (χ1n) is 10.7. The van der Waals surface area contributed by atoms with Crippen LogP contribution in [0.4, 0.5) is 38.0 Å². The smallest absolute Gasteiger partial charge is 0.362 e. The molecule has 0 radical (unpaired) electrons. The number of hydrogen-bond donors (Lipinski definition) is 2. The molecular weight excluding hydrogens is 512 g/mol. The van der Waals surface area contributed by atoms with Gasteiger partial charge in [-0.2, -0.15) is 27.1 Å². The van der Waals surface area contributed by atoms with Gasteiger partial charge in [-0.15, -0.1) is 0 Å². The van der Waals surface area contributed by atoms with E-state index in [4.69, 9.17) is 4.74 Å². The summed E-state index contributed by atoms with van der Waals surface area (Å²) >= 11 is 0. The number of halogens is 6. The Bertz CT molecular complexity index is 1490. The average Bonchev–Trinajstić information content (AvgIpc) is 3.30. The fourth-order valence-electron chi connectivity index (χ4n) is 4.60. The van der Waals surface area contributed by atoms with Gasteiger partial charge in [-0.05, 0) is 19.9 Å². The van der Waals surface area contributed by atoms with Crippen molar-refractivity contribution in [3.63, 3.8) is 0 Å². The largest absolute Gasteiger partial charge is 0.453 e. The Labute approximate surface area is 203 Å². The highest BCUT2D eigenvalue weighted by molar-refractivity contribution is 6.14. The molecule has 16 heteroatoms. The maximum absolute atomic E-state index is 14.0. The van der Waals surface area contributed by atoms with Crippen molar-refractivity contribution in [3.05, 3.63) is 23.6 Å². The number of alkyl halides is 5. The number of carbonyl (C=O) groups is 2. The SMILES string of the molecule is COC12C(=O)Nc3nc(-c4nn(CCC(F)(F)C(F)(F)F)c5ncc(F)cc45)nc(c31)NC(=O)C2(C)C. The molecular formula is C21H17F6N7O3. The molecule has 5 heterocycles. The summed E-state index contributed by atoms with van der Waals surface area (Å²) in [5, 5.41) is 9.04. The van der Waals surface area contributed by atoms with E-state index in [2.05, 4.69) is 30.7 Å². The summed E-state index contributed by atoms with van der Waals surface area (Å²) in [6.07, 6.45) is -6.68. The van der Waals surface area contributed by atoms with Gasteiger partial charge >= 0.3 is 12.1 Å². The molecule has 0 saturated heterocycles. The molecule has 0 aromatic carbocycles. The lowest BCUT2D eigenvalue weighted by Crippen LogP contribution is -2.57. The summed E-state index contributed by atoms with van der Waals surface area (Å²) in [5.41, 5.74) is -3.42. The van der Waals surface area contributed by atoms with Crippen LogP contribution in [-0.4, -0.2) is 55.8 Å². The average molecular weight is 529 g/mol.